The average Bonchev–Trinajstić information content (AvgIpc) is 3.22. The normalized spacial score (nSPS) is 20.4. The maximum atomic E-state index is 12.8. The first-order chi connectivity index (χ1) is 15.9. The number of nitrogens with zero attached hydrogens (tertiary/aromatic N) is 2. The van der Waals surface area contributed by atoms with Gasteiger partial charge < -0.3 is 30.6 Å². The Morgan fingerprint density at radius 3 is 2.29 bits per heavy atom. The maximum Gasteiger partial charge on any atom is 0.300 e. The Bertz CT molecular complexity index is 846. The number of anilines is 1. The summed E-state index contributed by atoms with van der Waals surface area (Å²) >= 11 is 1.49. The van der Waals surface area contributed by atoms with Crippen LogP contribution in [0.3, 0.4) is 0 Å². The Morgan fingerprint density at radius 1 is 1.15 bits per heavy atom. The summed E-state index contributed by atoms with van der Waals surface area (Å²) in [6.07, 6.45) is 0. The summed E-state index contributed by atoms with van der Waals surface area (Å²) < 4.78 is 0. The SMILES string of the molecule is CC(=O)Nc1ccccc1SCC(=O)N1CC2CNCC2(CN(C)C)C1.CC(=O)O.CC(=O)O. The molecule has 2 aliphatic rings. The van der Waals surface area contributed by atoms with Crippen LogP contribution in [0.15, 0.2) is 29.2 Å². The van der Waals surface area contributed by atoms with Crippen molar-refractivity contribution in [3.63, 3.8) is 0 Å². The van der Waals surface area contributed by atoms with Crippen LogP contribution in [-0.4, -0.2) is 96.3 Å². The number of amides is 2. The molecular weight excluding hydrogens is 460 g/mol. The number of carbonyl (C=O) groups excluding carboxylic acids is 2. The Hall–Kier alpha value is -2.63. The molecule has 1 aromatic rings. The predicted octanol–water partition coefficient (Wildman–Crippen LogP) is 1.53. The number of carbonyl (C=O) groups is 4. The molecule has 11 heteroatoms. The highest BCUT2D eigenvalue weighted by molar-refractivity contribution is 8.00. The van der Waals surface area contributed by atoms with Crippen molar-refractivity contribution in [1.29, 1.82) is 0 Å². The van der Waals surface area contributed by atoms with Crippen molar-refractivity contribution in [2.75, 3.05) is 57.9 Å². The molecule has 34 heavy (non-hydrogen) atoms. The van der Waals surface area contributed by atoms with E-state index in [2.05, 4.69) is 29.6 Å². The van der Waals surface area contributed by atoms with Gasteiger partial charge in [0.15, 0.2) is 0 Å². The van der Waals surface area contributed by atoms with Gasteiger partial charge in [0.25, 0.3) is 11.9 Å². The van der Waals surface area contributed by atoms with Gasteiger partial charge in [-0.3, -0.25) is 19.2 Å². The van der Waals surface area contributed by atoms with Gasteiger partial charge in [-0.1, -0.05) is 12.1 Å². The summed E-state index contributed by atoms with van der Waals surface area (Å²) in [5.41, 5.74) is 0.946. The molecule has 10 nitrogen and oxygen atoms in total. The lowest BCUT2D eigenvalue weighted by Crippen LogP contribution is -2.42. The number of para-hydroxylation sites is 1. The minimum Gasteiger partial charge on any atom is -0.481 e. The molecule has 3 rings (SSSR count). The molecule has 2 saturated heterocycles. The van der Waals surface area contributed by atoms with Gasteiger partial charge in [-0.05, 0) is 32.1 Å². The molecule has 190 valence electrons. The Morgan fingerprint density at radius 2 is 1.74 bits per heavy atom. The number of nitrogens with one attached hydrogen (secondary N) is 2. The third-order valence-electron chi connectivity index (χ3n) is 5.21. The van der Waals surface area contributed by atoms with Crippen LogP contribution in [-0.2, 0) is 19.2 Å². The maximum absolute atomic E-state index is 12.8. The average molecular weight is 497 g/mol. The van der Waals surface area contributed by atoms with Crippen LogP contribution in [0.2, 0.25) is 0 Å². The molecule has 0 saturated carbocycles. The number of fused-ring (bicyclic) bond motifs is 1. The molecular formula is C23H36N4O6S. The topological polar surface area (TPSA) is 139 Å². The number of benzene rings is 1. The quantitative estimate of drug-likeness (QED) is 0.432. The van der Waals surface area contributed by atoms with Gasteiger partial charge in [0.2, 0.25) is 11.8 Å². The number of thioether (sulfide) groups is 1. The monoisotopic (exact) mass is 496 g/mol. The first kappa shape index (κ1) is 29.4. The zero-order chi connectivity index (χ0) is 25.9. The lowest BCUT2D eigenvalue weighted by molar-refractivity contribution is -0.135. The van der Waals surface area contributed by atoms with Crippen molar-refractivity contribution in [3.8, 4) is 0 Å². The van der Waals surface area contributed by atoms with Crippen LogP contribution >= 0.6 is 11.8 Å². The van der Waals surface area contributed by atoms with Crippen LogP contribution in [0.4, 0.5) is 5.69 Å². The third kappa shape index (κ3) is 10.1. The third-order valence-corrected chi connectivity index (χ3v) is 6.27. The Kier molecular flexibility index (Phi) is 12.0. The number of rotatable bonds is 6. The molecule has 4 N–H and O–H groups in total. The first-order valence-corrected chi connectivity index (χ1v) is 11.9. The smallest absolute Gasteiger partial charge is 0.300 e. The van der Waals surface area contributed by atoms with Crippen molar-refractivity contribution in [2.45, 2.75) is 25.7 Å². The van der Waals surface area contributed by atoms with Crippen molar-refractivity contribution >= 4 is 41.2 Å². The Balaban J connectivity index is 0.000000629. The van der Waals surface area contributed by atoms with E-state index in [4.69, 9.17) is 19.8 Å². The minimum atomic E-state index is -0.833. The fraction of sp³-hybridized carbons (Fsp3) is 0.565. The molecule has 2 aliphatic heterocycles. The van der Waals surface area contributed by atoms with Crippen LogP contribution in [0.25, 0.3) is 0 Å². The predicted molar refractivity (Wildman–Crippen MR) is 132 cm³/mol. The lowest BCUT2D eigenvalue weighted by atomic mass is 9.80. The van der Waals surface area contributed by atoms with Gasteiger partial charge >= 0.3 is 0 Å². The van der Waals surface area contributed by atoms with E-state index in [-0.39, 0.29) is 17.2 Å². The number of carboxylic acids is 2. The van der Waals surface area contributed by atoms with Crippen molar-refractivity contribution in [3.05, 3.63) is 24.3 Å². The second-order valence-corrected chi connectivity index (χ2v) is 9.72. The van der Waals surface area contributed by atoms with Gasteiger partial charge in [-0.2, -0.15) is 0 Å². The van der Waals surface area contributed by atoms with Crippen molar-refractivity contribution in [1.82, 2.24) is 15.1 Å². The molecule has 2 unspecified atom stereocenters. The number of hydrogen-bond donors (Lipinski definition) is 4. The molecule has 0 spiro atoms. The summed E-state index contributed by atoms with van der Waals surface area (Å²) in [7, 11) is 4.20. The van der Waals surface area contributed by atoms with Crippen LogP contribution in [0.1, 0.15) is 20.8 Å². The van der Waals surface area contributed by atoms with E-state index in [1.54, 1.807) is 0 Å². The molecule has 1 aromatic carbocycles. The lowest BCUT2D eigenvalue weighted by Gasteiger charge is -2.31. The van der Waals surface area contributed by atoms with Crippen LogP contribution < -0.4 is 10.6 Å². The van der Waals surface area contributed by atoms with Gasteiger partial charge in [0.05, 0.1) is 11.4 Å². The molecule has 0 bridgehead atoms. The molecule has 0 aromatic heterocycles. The number of hydrogen-bond acceptors (Lipinski definition) is 7. The fourth-order valence-electron chi connectivity index (χ4n) is 4.18. The summed E-state index contributed by atoms with van der Waals surface area (Å²) in [4.78, 5) is 47.3. The number of aliphatic carboxylic acids is 2. The van der Waals surface area contributed by atoms with E-state index < -0.39 is 11.9 Å². The van der Waals surface area contributed by atoms with Crippen LogP contribution in [0, 0.1) is 11.3 Å². The second-order valence-electron chi connectivity index (χ2n) is 8.71. The molecule has 0 aliphatic carbocycles. The summed E-state index contributed by atoms with van der Waals surface area (Å²) in [5, 5.41) is 21.2. The van der Waals surface area contributed by atoms with Gasteiger partial charge in [0.1, 0.15) is 0 Å². The molecule has 2 heterocycles. The van der Waals surface area contributed by atoms with Gasteiger partial charge in [0, 0.05) is 63.8 Å². The van der Waals surface area contributed by atoms with Crippen molar-refractivity contribution < 1.29 is 29.4 Å². The van der Waals surface area contributed by atoms with E-state index in [9.17, 15) is 9.59 Å². The highest BCUT2D eigenvalue weighted by Gasteiger charge is 2.50. The van der Waals surface area contributed by atoms with E-state index in [1.807, 2.05) is 29.2 Å². The molecule has 2 atom stereocenters. The Labute approximate surface area is 205 Å². The van der Waals surface area contributed by atoms with E-state index in [0.29, 0.717) is 11.7 Å². The van der Waals surface area contributed by atoms with Crippen molar-refractivity contribution in [2.24, 2.45) is 11.3 Å². The summed E-state index contributed by atoms with van der Waals surface area (Å²) in [5.74, 6) is -0.657. The minimum absolute atomic E-state index is 0.102. The highest BCUT2D eigenvalue weighted by Crippen LogP contribution is 2.40. The van der Waals surface area contributed by atoms with Gasteiger partial charge in [-0.25, -0.2) is 0 Å². The number of likely N-dealkylation sites (tertiary alicyclic amines) is 1. The standard InChI is InChI=1S/C19H28N4O2S.2C2H4O2/c1-14(24)21-16-6-4-5-7-17(16)26-10-18(25)23-9-15-8-20-11-19(15,13-23)12-22(2)3;2*1-2(3)4/h4-7,15,20H,8-13H2,1-3H3,(H,21,24);2*1H3,(H,3,4). The van der Waals surface area contributed by atoms with E-state index in [0.717, 1.165) is 57.2 Å². The number of carboxylic acid groups (broad SMARTS) is 2. The molecule has 0 radical (unpaired) electrons. The van der Waals surface area contributed by atoms with Gasteiger partial charge in [-0.15, -0.1) is 11.8 Å². The fourth-order valence-corrected chi connectivity index (χ4v) is 5.09. The molecule has 2 fully saturated rings. The van der Waals surface area contributed by atoms with E-state index >= 15 is 0 Å². The largest absolute Gasteiger partial charge is 0.481 e. The summed E-state index contributed by atoms with van der Waals surface area (Å²) in [6, 6.07) is 7.62. The molecule has 2 amide bonds. The second kappa shape index (κ2) is 13.9. The van der Waals surface area contributed by atoms with Crippen LogP contribution in [0.5, 0.6) is 0 Å². The first-order valence-electron chi connectivity index (χ1n) is 10.9. The summed E-state index contributed by atoms with van der Waals surface area (Å²) in [6.45, 7) is 8.32. The highest BCUT2D eigenvalue weighted by atomic mass is 32.2. The zero-order valence-corrected chi connectivity index (χ0v) is 21.3. The van der Waals surface area contributed by atoms with E-state index in [1.165, 1.54) is 18.7 Å². The zero-order valence-electron chi connectivity index (χ0n) is 20.5.